The topological polar surface area (TPSA) is 78.3 Å². The smallest absolute Gasteiger partial charge is 0.137 e. The fourth-order valence-corrected chi connectivity index (χ4v) is 1.62. The number of benzene rings is 1. The van der Waals surface area contributed by atoms with Crippen molar-refractivity contribution in [1.82, 2.24) is 9.97 Å². The highest BCUT2D eigenvalue weighted by Gasteiger charge is 2.06. The van der Waals surface area contributed by atoms with Gasteiger partial charge < -0.3 is 15.5 Å². The Balaban J connectivity index is 2.28. The predicted molar refractivity (Wildman–Crippen MR) is 66.1 cm³/mol. The minimum atomic E-state index is -0.813. The largest absolute Gasteiger partial charge is 0.394 e. The summed E-state index contributed by atoms with van der Waals surface area (Å²) in [4.78, 5) is 8.19. The summed E-state index contributed by atoms with van der Waals surface area (Å²) in [6.45, 7) is -0.0624. The number of hydrogen-bond donors (Lipinski definition) is 3. The monoisotopic (exact) mass is 253 g/mol. The van der Waals surface area contributed by atoms with Gasteiger partial charge >= 0.3 is 0 Å². The molecule has 0 spiro atoms. The lowest BCUT2D eigenvalue weighted by Crippen LogP contribution is -2.23. The van der Waals surface area contributed by atoms with Gasteiger partial charge in [-0.3, -0.25) is 0 Å². The molecular formula is C11H12ClN3O2. The second kappa shape index (κ2) is 5.27. The van der Waals surface area contributed by atoms with Gasteiger partial charge in [0.1, 0.15) is 12.1 Å². The van der Waals surface area contributed by atoms with Gasteiger partial charge in [-0.1, -0.05) is 11.6 Å². The second-order valence-corrected chi connectivity index (χ2v) is 4.04. The van der Waals surface area contributed by atoms with Gasteiger partial charge in [0.05, 0.1) is 18.2 Å². The predicted octanol–water partition coefficient (Wildman–Crippen LogP) is 1.05. The highest BCUT2D eigenvalue weighted by atomic mass is 35.5. The average Bonchev–Trinajstić information content (AvgIpc) is 2.35. The van der Waals surface area contributed by atoms with Crippen LogP contribution < -0.4 is 5.32 Å². The van der Waals surface area contributed by atoms with Crippen LogP contribution in [0, 0.1) is 0 Å². The van der Waals surface area contributed by atoms with Crippen LogP contribution in [-0.2, 0) is 0 Å². The summed E-state index contributed by atoms with van der Waals surface area (Å²) < 4.78 is 0. The molecule has 0 fully saturated rings. The third kappa shape index (κ3) is 2.82. The minimum absolute atomic E-state index is 0.227. The number of halogens is 1. The zero-order valence-electron chi connectivity index (χ0n) is 8.97. The van der Waals surface area contributed by atoms with Crippen LogP contribution in [0.2, 0.25) is 5.02 Å². The first-order valence-corrected chi connectivity index (χ1v) is 5.51. The van der Waals surface area contributed by atoms with Crippen LogP contribution in [-0.4, -0.2) is 39.4 Å². The lowest BCUT2D eigenvalue weighted by atomic mass is 10.2. The fraction of sp³-hybridized carbons (Fsp3) is 0.273. The molecule has 0 bridgehead atoms. The Hall–Kier alpha value is -1.43. The van der Waals surface area contributed by atoms with Crippen molar-refractivity contribution in [1.29, 1.82) is 0 Å². The van der Waals surface area contributed by atoms with Crippen molar-refractivity contribution in [2.24, 2.45) is 0 Å². The van der Waals surface area contributed by atoms with E-state index in [9.17, 15) is 5.11 Å². The number of nitrogens with one attached hydrogen (secondary N) is 1. The molecular weight excluding hydrogens is 242 g/mol. The molecule has 0 amide bonds. The van der Waals surface area contributed by atoms with Crippen molar-refractivity contribution < 1.29 is 10.2 Å². The maximum absolute atomic E-state index is 9.26. The highest BCUT2D eigenvalue weighted by Crippen LogP contribution is 2.22. The number of rotatable bonds is 4. The third-order valence-corrected chi connectivity index (χ3v) is 2.55. The van der Waals surface area contributed by atoms with Crippen molar-refractivity contribution in [3.05, 3.63) is 29.5 Å². The Kier molecular flexibility index (Phi) is 3.73. The standard InChI is InChI=1S/C11H12ClN3O2/c12-7-1-2-9-10(3-7)14-6-15-11(9)13-4-8(17)5-16/h1-3,6,8,16-17H,4-5H2,(H,13,14,15)/t8-/m1/s1. The van der Waals surface area contributed by atoms with E-state index in [2.05, 4.69) is 15.3 Å². The summed E-state index contributed by atoms with van der Waals surface area (Å²) in [5.74, 6) is 0.610. The summed E-state index contributed by atoms with van der Waals surface area (Å²) in [5.41, 5.74) is 0.730. The minimum Gasteiger partial charge on any atom is -0.394 e. The number of fused-ring (bicyclic) bond motifs is 1. The van der Waals surface area contributed by atoms with Gasteiger partial charge in [-0.05, 0) is 18.2 Å². The van der Waals surface area contributed by atoms with E-state index < -0.39 is 6.10 Å². The number of anilines is 1. The van der Waals surface area contributed by atoms with Gasteiger partial charge in [-0.2, -0.15) is 0 Å². The van der Waals surface area contributed by atoms with E-state index in [4.69, 9.17) is 16.7 Å². The normalized spacial score (nSPS) is 12.6. The second-order valence-electron chi connectivity index (χ2n) is 3.60. The van der Waals surface area contributed by atoms with Crippen molar-refractivity contribution >= 4 is 28.3 Å². The van der Waals surface area contributed by atoms with Gasteiger partial charge in [0.15, 0.2) is 0 Å². The van der Waals surface area contributed by atoms with Gasteiger partial charge in [-0.15, -0.1) is 0 Å². The number of aromatic nitrogens is 2. The first kappa shape index (κ1) is 12.0. The molecule has 0 radical (unpaired) electrons. The quantitative estimate of drug-likeness (QED) is 0.759. The van der Waals surface area contributed by atoms with Crippen molar-refractivity contribution in [3.63, 3.8) is 0 Å². The van der Waals surface area contributed by atoms with E-state index in [0.717, 1.165) is 10.9 Å². The molecule has 0 aliphatic rings. The van der Waals surface area contributed by atoms with E-state index in [1.807, 2.05) is 6.07 Å². The van der Waals surface area contributed by atoms with Crippen LogP contribution in [0.5, 0.6) is 0 Å². The lowest BCUT2D eigenvalue weighted by molar-refractivity contribution is 0.105. The van der Waals surface area contributed by atoms with Crippen LogP contribution in [0.3, 0.4) is 0 Å². The molecule has 90 valence electrons. The van der Waals surface area contributed by atoms with Crippen LogP contribution >= 0.6 is 11.6 Å². The van der Waals surface area contributed by atoms with Crippen LogP contribution in [0.15, 0.2) is 24.5 Å². The maximum Gasteiger partial charge on any atom is 0.137 e. The van der Waals surface area contributed by atoms with Gasteiger partial charge in [0.25, 0.3) is 0 Å². The van der Waals surface area contributed by atoms with Crippen LogP contribution in [0.4, 0.5) is 5.82 Å². The zero-order chi connectivity index (χ0) is 12.3. The van der Waals surface area contributed by atoms with E-state index in [1.165, 1.54) is 6.33 Å². The molecule has 5 nitrogen and oxygen atoms in total. The Morgan fingerprint density at radius 1 is 1.35 bits per heavy atom. The van der Waals surface area contributed by atoms with Gasteiger partial charge in [-0.25, -0.2) is 9.97 Å². The molecule has 0 unspecified atom stereocenters. The molecule has 6 heteroatoms. The first-order chi connectivity index (χ1) is 8.20. The summed E-state index contributed by atoms with van der Waals surface area (Å²) in [6, 6.07) is 5.30. The summed E-state index contributed by atoms with van der Waals surface area (Å²) in [6.07, 6.45) is 0.610. The van der Waals surface area contributed by atoms with Crippen molar-refractivity contribution in [2.75, 3.05) is 18.5 Å². The maximum atomic E-state index is 9.26. The zero-order valence-corrected chi connectivity index (χ0v) is 9.72. The molecule has 0 aliphatic carbocycles. The molecule has 1 aromatic heterocycles. The lowest BCUT2D eigenvalue weighted by Gasteiger charge is -2.11. The highest BCUT2D eigenvalue weighted by molar-refractivity contribution is 6.31. The summed E-state index contributed by atoms with van der Waals surface area (Å²) in [7, 11) is 0. The fourth-order valence-electron chi connectivity index (χ4n) is 1.45. The molecule has 1 atom stereocenters. The molecule has 17 heavy (non-hydrogen) atoms. The SMILES string of the molecule is OC[C@H](O)CNc1ncnc2cc(Cl)ccc12. The third-order valence-electron chi connectivity index (χ3n) is 2.31. The Labute approximate surface area is 103 Å². The van der Waals surface area contributed by atoms with E-state index in [1.54, 1.807) is 12.1 Å². The Morgan fingerprint density at radius 2 is 2.18 bits per heavy atom. The number of hydrogen-bond acceptors (Lipinski definition) is 5. The van der Waals surface area contributed by atoms with Crippen LogP contribution in [0.1, 0.15) is 0 Å². The van der Waals surface area contributed by atoms with E-state index in [-0.39, 0.29) is 13.2 Å². The van der Waals surface area contributed by atoms with E-state index >= 15 is 0 Å². The van der Waals surface area contributed by atoms with Gasteiger partial charge in [0.2, 0.25) is 0 Å². The number of aliphatic hydroxyl groups is 2. The molecule has 1 heterocycles. The molecule has 2 aromatic rings. The molecule has 0 aliphatic heterocycles. The first-order valence-electron chi connectivity index (χ1n) is 5.14. The summed E-state index contributed by atoms with van der Waals surface area (Å²) >= 11 is 5.87. The molecule has 0 saturated heterocycles. The van der Waals surface area contributed by atoms with E-state index in [0.29, 0.717) is 10.8 Å². The molecule has 2 rings (SSSR count). The molecule has 0 saturated carbocycles. The Bertz CT molecular complexity index is 521. The average molecular weight is 254 g/mol. The Morgan fingerprint density at radius 3 is 2.94 bits per heavy atom. The molecule has 3 N–H and O–H groups in total. The number of aliphatic hydroxyl groups excluding tert-OH is 2. The molecule has 1 aromatic carbocycles. The van der Waals surface area contributed by atoms with Crippen molar-refractivity contribution in [2.45, 2.75) is 6.10 Å². The van der Waals surface area contributed by atoms with Crippen molar-refractivity contribution in [3.8, 4) is 0 Å². The number of nitrogens with zero attached hydrogens (tertiary/aromatic N) is 2. The summed E-state index contributed by atoms with van der Waals surface area (Å²) in [5, 5.41) is 22.4. The van der Waals surface area contributed by atoms with Gasteiger partial charge in [0, 0.05) is 17.0 Å². The van der Waals surface area contributed by atoms with Crippen LogP contribution in [0.25, 0.3) is 10.9 Å².